The van der Waals surface area contributed by atoms with E-state index in [2.05, 4.69) is 32.9 Å². The van der Waals surface area contributed by atoms with Crippen molar-refractivity contribution >= 4 is 0 Å². The standard InChI is InChI=1S/C50H95N/c1-4-6-8-10-12-14-16-18-20-22-24-26-28-30-32-34-36-38-40-42-44-49-46-48(3)47-50(51-49)45-43-41-39-37-35-33-31-29-27-25-23-21-19-17-15-13-11-9-7-5-2/h46-47H,4-45H2,1-3H3. The van der Waals surface area contributed by atoms with Crippen LogP contribution in [0.2, 0.25) is 0 Å². The molecule has 0 aliphatic rings. The Morgan fingerprint density at radius 1 is 0.275 bits per heavy atom. The molecule has 0 saturated carbocycles. The highest BCUT2D eigenvalue weighted by molar-refractivity contribution is 5.20. The third-order valence-electron chi connectivity index (χ3n) is 11.6. The van der Waals surface area contributed by atoms with Gasteiger partial charge in [-0.25, -0.2) is 0 Å². The zero-order valence-corrected chi connectivity index (χ0v) is 35.8. The van der Waals surface area contributed by atoms with Crippen molar-refractivity contribution < 1.29 is 0 Å². The Bertz CT molecular complexity index is 736. The Labute approximate surface area is 323 Å². The van der Waals surface area contributed by atoms with E-state index < -0.39 is 0 Å². The third-order valence-corrected chi connectivity index (χ3v) is 11.6. The van der Waals surface area contributed by atoms with Crippen molar-refractivity contribution in [3.63, 3.8) is 0 Å². The lowest BCUT2D eigenvalue weighted by atomic mass is 10.0. The van der Waals surface area contributed by atoms with Gasteiger partial charge in [-0.1, -0.05) is 258 Å². The summed E-state index contributed by atoms with van der Waals surface area (Å²) >= 11 is 0. The van der Waals surface area contributed by atoms with Gasteiger partial charge in [0.05, 0.1) is 0 Å². The third kappa shape index (κ3) is 35.9. The average molecular weight is 710 g/mol. The van der Waals surface area contributed by atoms with Crippen molar-refractivity contribution in [2.24, 2.45) is 0 Å². The molecule has 1 aromatic heterocycles. The molecule has 0 radical (unpaired) electrons. The summed E-state index contributed by atoms with van der Waals surface area (Å²) in [6, 6.07) is 4.69. The number of rotatable bonds is 42. The van der Waals surface area contributed by atoms with E-state index in [0.29, 0.717) is 0 Å². The topological polar surface area (TPSA) is 12.9 Å². The number of hydrogen-bond donors (Lipinski definition) is 0. The molecule has 1 nitrogen and oxygen atoms in total. The Kier molecular flexibility index (Phi) is 38.1. The van der Waals surface area contributed by atoms with Crippen LogP contribution in [0.5, 0.6) is 0 Å². The van der Waals surface area contributed by atoms with E-state index in [1.165, 1.54) is 287 Å². The van der Waals surface area contributed by atoms with Crippen LogP contribution in [-0.2, 0) is 12.8 Å². The van der Waals surface area contributed by atoms with Crippen molar-refractivity contribution in [3.8, 4) is 0 Å². The molecule has 0 N–H and O–H groups in total. The highest BCUT2D eigenvalue weighted by Crippen LogP contribution is 2.18. The van der Waals surface area contributed by atoms with Crippen LogP contribution in [0.15, 0.2) is 12.1 Å². The predicted molar refractivity (Wildman–Crippen MR) is 232 cm³/mol. The van der Waals surface area contributed by atoms with Gasteiger partial charge in [-0.15, -0.1) is 0 Å². The van der Waals surface area contributed by atoms with Crippen molar-refractivity contribution in [1.29, 1.82) is 0 Å². The van der Waals surface area contributed by atoms with E-state index in [0.717, 1.165) is 0 Å². The normalized spacial score (nSPS) is 11.6. The Balaban J connectivity index is 1.85. The Morgan fingerprint density at radius 3 is 0.647 bits per heavy atom. The lowest BCUT2D eigenvalue weighted by molar-refractivity contribution is 0.521. The molecule has 0 aliphatic heterocycles. The first-order valence-corrected chi connectivity index (χ1v) is 24.2. The van der Waals surface area contributed by atoms with Gasteiger partial charge in [0.25, 0.3) is 0 Å². The number of unbranched alkanes of at least 4 members (excludes halogenated alkanes) is 38. The molecule has 0 aliphatic carbocycles. The summed E-state index contributed by atoms with van der Waals surface area (Å²) in [7, 11) is 0. The molecular weight excluding hydrogens is 615 g/mol. The largest absolute Gasteiger partial charge is 0.258 e. The van der Waals surface area contributed by atoms with Gasteiger partial charge >= 0.3 is 0 Å². The molecule has 0 unspecified atom stereocenters. The highest BCUT2D eigenvalue weighted by Gasteiger charge is 2.03. The molecule has 0 fully saturated rings. The van der Waals surface area contributed by atoms with Crippen LogP contribution in [-0.4, -0.2) is 4.98 Å². The molecule has 1 aromatic rings. The molecule has 1 heterocycles. The van der Waals surface area contributed by atoms with Gasteiger partial charge in [0.2, 0.25) is 0 Å². The first-order chi connectivity index (χ1) is 25.3. The van der Waals surface area contributed by atoms with E-state index in [1.807, 2.05) is 0 Å². The maximum atomic E-state index is 5.07. The first-order valence-electron chi connectivity index (χ1n) is 24.2. The van der Waals surface area contributed by atoms with Crippen molar-refractivity contribution in [3.05, 3.63) is 29.1 Å². The molecule has 0 aromatic carbocycles. The molecule has 0 amide bonds. The van der Waals surface area contributed by atoms with Gasteiger partial charge in [0, 0.05) is 11.4 Å². The maximum absolute atomic E-state index is 5.07. The minimum absolute atomic E-state index is 1.17. The number of nitrogens with zero attached hydrogens (tertiary/aromatic N) is 1. The lowest BCUT2D eigenvalue weighted by Crippen LogP contribution is -1.98. The number of hydrogen-bond acceptors (Lipinski definition) is 1. The van der Waals surface area contributed by atoms with Crippen LogP contribution >= 0.6 is 0 Å². The summed E-state index contributed by atoms with van der Waals surface area (Å²) in [4.78, 5) is 5.07. The molecular formula is C50H95N. The quantitative estimate of drug-likeness (QED) is 0.0616. The second-order valence-electron chi connectivity index (χ2n) is 17.1. The zero-order valence-electron chi connectivity index (χ0n) is 35.8. The fourth-order valence-corrected chi connectivity index (χ4v) is 8.20. The van der Waals surface area contributed by atoms with E-state index in [-0.39, 0.29) is 0 Å². The highest BCUT2D eigenvalue weighted by atomic mass is 14.7. The van der Waals surface area contributed by atoms with Crippen LogP contribution in [0, 0.1) is 6.92 Å². The number of aromatic nitrogens is 1. The first kappa shape index (κ1) is 48.2. The SMILES string of the molecule is CCCCCCCCCCCCCCCCCCCCCCc1cc(C)cc(CCCCCCCCCCCCCCCCCCCCCC)n1. The smallest absolute Gasteiger partial charge is 0.0409 e. The van der Waals surface area contributed by atoms with Gasteiger partial charge in [0.15, 0.2) is 0 Å². The maximum Gasteiger partial charge on any atom is 0.0409 e. The average Bonchev–Trinajstić information content (AvgIpc) is 3.13. The van der Waals surface area contributed by atoms with Crippen LogP contribution in [0.1, 0.15) is 288 Å². The van der Waals surface area contributed by atoms with Gasteiger partial charge in [0.1, 0.15) is 0 Å². The number of aryl methyl sites for hydroxylation is 3. The van der Waals surface area contributed by atoms with E-state index in [4.69, 9.17) is 4.98 Å². The Hall–Kier alpha value is -0.850. The summed E-state index contributed by atoms with van der Waals surface area (Å²) in [6.07, 6.45) is 60.2. The van der Waals surface area contributed by atoms with Gasteiger partial charge in [-0.05, 0) is 50.3 Å². The molecule has 0 atom stereocenters. The van der Waals surface area contributed by atoms with Crippen molar-refractivity contribution in [2.75, 3.05) is 0 Å². The van der Waals surface area contributed by atoms with Gasteiger partial charge < -0.3 is 0 Å². The van der Waals surface area contributed by atoms with E-state index in [1.54, 1.807) is 0 Å². The van der Waals surface area contributed by atoms with Crippen molar-refractivity contribution in [1.82, 2.24) is 4.98 Å². The molecule has 1 rings (SSSR count). The van der Waals surface area contributed by atoms with Crippen LogP contribution in [0.3, 0.4) is 0 Å². The monoisotopic (exact) mass is 710 g/mol. The minimum Gasteiger partial charge on any atom is -0.258 e. The molecule has 0 bridgehead atoms. The lowest BCUT2D eigenvalue weighted by Gasteiger charge is -2.08. The molecule has 0 saturated heterocycles. The summed E-state index contributed by atoms with van der Waals surface area (Å²) in [5.74, 6) is 0. The van der Waals surface area contributed by atoms with Crippen LogP contribution in [0.25, 0.3) is 0 Å². The fourth-order valence-electron chi connectivity index (χ4n) is 8.20. The summed E-state index contributed by atoms with van der Waals surface area (Å²) in [6.45, 7) is 6.89. The molecule has 300 valence electrons. The Morgan fingerprint density at radius 2 is 0.451 bits per heavy atom. The van der Waals surface area contributed by atoms with E-state index >= 15 is 0 Å². The van der Waals surface area contributed by atoms with Crippen LogP contribution < -0.4 is 0 Å². The molecule has 0 spiro atoms. The molecule has 51 heavy (non-hydrogen) atoms. The molecule has 1 heteroatoms. The van der Waals surface area contributed by atoms with Crippen molar-refractivity contribution in [2.45, 2.75) is 290 Å². The fraction of sp³-hybridized carbons (Fsp3) is 0.900. The second kappa shape index (κ2) is 40.3. The second-order valence-corrected chi connectivity index (χ2v) is 17.1. The van der Waals surface area contributed by atoms with Gasteiger partial charge in [-0.3, -0.25) is 4.98 Å². The number of pyridine rings is 1. The zero-order chi connectivity index (χ0) is 36.6. The summed E-state index contributed by atoms with van der Waals surface area (Å²) in [5, 5.41) is 0. The summed E-state index contributed by atoms with van der Waals surface area (Å²) < 4.78 is 0. The van der Waals surface area contributed by atoms with E-state index in [9.17, 15) is 0 Å². The van der Waals surface area contributed by atoms with Gasteiger partial charge in [-0.2, -0.15) is 0 Å². The minimum atomic E-state index is 1.17. The van der Waals surface area contributed by atoms with Crippen LogP contribution in [0.4, 0.5) is 0 Å². The predicted octanol–water partition coefficient (Wildman–Crippen LogP) is 18.1. The summed E-state index contributed by atoms with van der Waals surface area (Å²) in [5.41, 5.74) is 4.11.